The van der Waals surface area contributed by atoms with Crippen LogP contribution < -0.4 is 4.90 Å². The van der Waals surface area contributed by atoms with Crippen molar-refractivity contribution in [1.29, 1.82) is 5.26 Å². The summed E-state index contributed by atoms with van der Waals surface area (Å²) in [5.41, 5.74) is 4.98. The number of aryl methyl sites for hydroxylation is 1. The summed E-state index contributed by atoms with van der Waals surface area (Å²) in [6.07, 6.45) is 3.68. The average molecular weight is 385 g/mol. The first kappa shape index (κ1) is 18.9. The third-order valence-electron chi connectivity index (χ3n) is 5.23. The zero-order valence-corrected chi connectivity index (χ0v) is 16.5. The fraction of sp³-hybridized carbons (Fsp3) is 0.261. The van der Waals surface area contributed by atoms with Crippen LogP contribution in [0.25, 0.3) is 0 Å². The van der Waals surface area contributed by atoms with Crippen molar-refractivity contribution in [2.75, 3.05) is 24.5 Å². The molecule has 1 saturated heterocycles. The summed E-state index contributed by atoms with van der Waals surface area (Å²) in [4.78, 5) is 21.1. The van der Waals surface area contributed by atoms with Gasteiger partial charge in [-0.1, -0.05) is 24.3 Å². The lowest BCUT2D eigenvalue weighted by molar-refractivity contribution is -0.121. The molecule has 0 saturated carbocycles. The first-order valence-electron chi connectivity index (χ1n) is 9.70. The van der Waals surface area contributed by atoms with Crippen molar-refractivity contribution in [2.45, 2.75) is 20.0 Å². The van der Waals surface area contributed by atoms with Crippen molar-refractivity contribution < 1.29 is 4.79 Å². The molecule has 0 N–H and O–H groups in total. The van der Waals surface area contributed by atoms with Gasteiger partial charge in [-0.3, -0.25) is 9.69 Å². The van der Waals surface area contributed by atoms with E-state index in [-0.39, 0.29) is 5.91 Å². The Labute approximate surface area is 170 Å². The molecule has 1 fully saturated rings. The van der Waals surface area contributed by atoms with Crippen LogP contribution in [0.4, 0.5) is 5.69 Å². The van der Waals surface area contributed by atoms with E-state index >= 15 is 0 Å². The predicted molar refractivity (Wildman–Crippen MR) is 111 cm³/mol. The van der Waals surface area contributed by atoms with Gasteiger partial charge in [-0.05, 0) is 42.3 Å². The Bertz CT molecular complexity index is 1050. The maximum atomic E-state index is 12.7. The molecule has 29 heavy (non-hydrogen) atoms. The largest absolute Gasteiger partial charge is 0.329 e. The van der Waals surface area contributed by atoms with E-state index in [0.29, 0.717) is 31.7 Å². The summed E-state index contributed by atoms with van der Waals surface area (Å²) in [5.74, 6) is 0.125. The van der Waals surface area contributed by atoms with Gasteiger partial charge in [0, 0.05) is 38.1 Å². The molecule has 6 nitrogen and oxygen atoms in total. The highest BCUT2D eigenvalue weighted by atomic mass is 16.2. The van der Waals surface area contributed by atoms with Gasteiger partial charge < -0.3 is 9.47 Å². The number of nitriles is 1. The Morgan fingerprint density at radius 2 is 1.93 bits per heavy atom. The van der Waals surface area contributed by atoms with Crippen LogP contribution in [-0.4, -0.2) is 40.0 Å². The quantitative estimate of drug-likeness (QED) is 0.677. The molecule has 3 aromatic rings. The highest BCUT2D eigenvalue weighted by molar-refractivity contribution is 5.95. The summed E-state index contributed by atoms with van der Waals surface area (Å²) in [6.45, 7) is 5.32. The lowest BCUT2D eigenvalue weighted by Crippen LogP contribution is -2.50. The molecule has 0 bridgehead atoms. The molecule has 1 aliphatic heterocycles. The number of piperazine rings is 1. The number of aromatic nitrogens is 2. The number of hydrogen-bond acceptors (Lipinski definition) is 4. The highest BCUT2D eigenvalue weighted by Gasteiger charge is 2.25. The van der Waals surface area contributed by atoms with Gasteiger partial charge in [0.25, 0.3) is 0 Å². The smallest absolute Gasteiger partial charge is 0.241 e. The van der Waals surface area contributed by atoms with Gasteiger partial charge in [-0.25, -0.2) is 4.98 Å². The van der Waals surface area contributed by atoms with Crippen LogP contribution >= 0.6 is 0 Å². The van der Waals surface area contributed by atoms with Crippen molar-refractivity contribution >= 4 is 11.6 Å². The van der Waals surface area contributed by atoms with E-state index in [1.165, 1.54) is 0 Å². The number of anilines is 1. The Hall–Kier alpha value is -3.43. The molecule has 0 atom stereocenters. The number of carbonyl (C=O) groups excluding carboxylic acids is 1. The maximum absolute atomic E-state index is 12.7. The van der Waals surface area contributed by atoms with E-state index < -0.39 is 0 Å². The minimum absolute atomic E-state index is 0.125. The van der Waals surface area contributed by atoms with Gasteiger partial charge in [-0.2, -0.15) is 5.26 Å². The minimum Gasteiger partial charge on any atom is -0.329 e. The fourth-order valence-electron chi connectivity index (χ4n) is 3.66. The van der Waals surface area contributed by atoms with E-state index in [4.69, 9.17) is 5.26 Å². The first-order chi connectivity index (χ1) is 14.1. The van der Waals surface area contributed by atoms with Gasteiger partial charge in [0.1, 0.15) is 0 Å². The van der Waals surface area contributed by atoms with Crippen LogP contribution in [0.2, 0.25) is 0 Å². The lowest BCUT2D eigenvalue weighted by Gasteiger charge is -2.34. The van der Waals surface area contributed by atoms with Crippen LogP contribution in [0, 0.1) is 18.3 Å². The second-order valence-corrected chi connectivity index (χ2v) is 7.42. The number of carbonyl (C=O) groups is 1. The van der Waals surface area contributed by atoms with Gasteiger partial charge in [0.2, 0.25) is 5.91 Å². The molecule has 0 radical (unpaired) electrons. The molecule has 0 aliphatic carbocycles. The summed E-state index contributed by atoms with van der Waals surface area (Å²) >= 11 is 0. The summed E-state index contributed by atoms with van der Waals surface area (Å²) in [7, 11) is 0. The zero-order chi connectivity index (χ0) is 20.2. The topological polar surface area (TPSA) is 65.2 Å². The third kappa shape index (κ3) is 4.36. The normalized spacial score (nSPS) is 14.8. The molecule has 146 valence electrons. The Balaban J connectivity index is 1.40. The minimum atomic E-state index is 0.125. The molecule has 6 heteroatoms. The van der Waals surface area contributed by atoms with E-state index in [1.807, 2.05) is 66.8 Å². The zero-order valence-electron chi connectivity index (χ0n) is 16.5. The highest BCUT2D eigenvalue weighted by Crippen LogP contribution is 2.20. The van der Waals surface area contributed by atoms with Crippen LogP contribution in [0.5, 0.6) is 0 Å². The number of amides is 1. The van der Waals surface area contributed by atoms with Crippen LogP contribution in [0.3, 0.4) is 0 Å². The maximum Gasteiger partial charge on any atom is 0.241 e. The average Bonchev–Trinajstić information content (AvgIpc) is 3.15. The Morgan fingerprint density at radius 1 is 1.10 bits per heavy atom. The molecular weight excluding hydrogens is 362 g/mol. The van der Waals surface area contributed by atoms with E-state index in [1.54, 1.807) is 0 Å². The summed E-state index contributed by atoms with van der Waals surface area (Å²) < 4.78 is 2.10. The second-order valence-electron chi connectivity index (χ2n) is 7.42. The molecule has 4 rings (SSSR count). The molecular formula is C23H23N5O. The second kappa shape index (κ2) is 8.29. The molecule has 0 unspecified atom stereocenters. The number of imidazole rings is 1. The van der Waals surface area contributed by atoms with Crippen LogP contribution in [-0.2, 0) is 17.9 Å². The van der Waals surface area contributed by atoms with Crippen LogP contribution in [0.1, 0.15) is 22.4 Å². The molecule has 2 aromatic carbocycles. The van der Waals surface area contributed by atoms with Gasteiger partial charge >= 0.3 is 0 Å². The Morgan fingerprint density at radius 3 is 2.66 bits per heavy atom. The van der Waals surface area contributed by atoms with Gasteiger partial charge in [0.05, 0.1) is 30.2 Å². The predicted octanol–water partition coefficient (Wildman–Crippen LogP) is 2.96. The van der Waals surface area contributed by atoms with Crippen molar-refractivity contribution in [3.05, 3.63) is 83.4 Å². The number of rotatable bonds is 5. The molecule has 1 amide bonds. The number of hydrogen-bond donors (Lipinski definition) is 0. The SMILES string of the molecule is Cc1cccc(N2CCN(Cc3cncn3Cc3ccc(C#N)cc3)CC2=O)c1. The summed E-state index contributed by atoms with van der Waals surface area (Å²) in [6, 6.07) is 17.8. The van der Waals surface area contributed by atoms with Crippen molar-refractivity contribution in [2.24, 2.45) is 0 Å². The van der Waals surface area contributed by atoms with E-state index in [0.717, 1.165) is 29.1 Å². The molecule has 1 aromatic heterocycles. The van der Waals surface area contributed by atoms with Crippen molar-refractivity contribution in [3.63, 3.8) is 0 Å². The summed E-state index contributed by atoms with van der Waals surface area (Å²) in [5, 5.41) is 8.94. The molecule has 2 heterocycles. The molecule has 0 spiro atoms. The third-order valence-corrected chi connectivity index (χ3v) is 5.23. The Kier molecular flexibility index (Phi) is 5.41. The van der Waals surface area contributed by atoms with Crippen molar-refractivity contribution in [3.8, 4) is 6.07 Å². The fourth-order valence-corrected chi connectivity index (χ4v) is 3.66. The van der Waals surface area contributed by atoms with Crippen molar-refractivity contribution in [1.82, 2.24) is 14.5 Å². The lowest BCUT2D eigenvalue weighted by atomic mass is 10.1. The van der Waals surface area contributed by atoms with E-state index in [9.17, 15) is 4.79 Å². The van der Waals surface area contributed by atoms with Gasteiger partial charge in [0.15, 0.2) is 0 Å². The van der Waals surface area contributed by atoms with Gasteiger partial charge in [-0.15, -0.1) is 0 Å². The van der Waals surface area contributed by atoms with Crippen LogP contribution in [0.15, 0.2) is 61.1 Å². The standard InChI is InChI=1S/C23H23N5O/c1-18-3-2-4-21(11-18)28-10-9-26(16-23(28)29)15-22-13-25-17-27(22)14-20-7-5-19(12-24)6-8-20/h2-8,11,13,17H,9-10,14-16H2,1H3. The number of nitrogens with zero attached hydrogens (tertiary/aromatic N) is 5. The first-order valence-corrected chi connectivity index (χ1v) is 9.70. The number of benzene rings is 2. The monoisotopic (exact) mass is 385 g/mol. The molecule has 1 aliphatic rings. The van der Waals surface area contributed by atoms with E-state index in [2.05, 4.69) is 26.6 Å².